The number of benzene rings is 2. The average molecular weight is 472 g/mol. The van der Waals surface area contributed by atoms with E-state index >= 15 is 0 Å². The molecule has 35 heavy (non-hydrogen) atoms. The average Bonchev–Trinajstić information content (AvgIpc) is 3.57. The molecule has 0 atom stereocenters. The number of phenolic OH excluding ortho intramolecular Hbond substituents is 2. The zero-order chi connectivity index (χ0) is 24.6. The first kappa shape index (κ1) is 23.1. The predicted octanol–water partition coefficient (Wildman–Crippen LogP) is 3.40. The highest BCUT2D eigenvalue weighted by Gasteiger charge is 2.09. The summed E-state index contributed by atoms with van der Waals surface area (Å²) in [4.78, 5) is 23.8. The number of carbonyl (C=O) groups excluding carboxylic acids is 2. The molecule has 0 bridgehead atoms. The molecular formula is C25H20N4O6. The Bertz CT molecular complexity index is 1270. The second-order valence-corrected chi connectivity index (χ2v) is 7.32. The first-order chi connectivity index (χ1) is 17.0. The molecule has 2 heterocycles. The van der Waals surface area contributed by atoms with E-state index in [1.165, 1.54) is 49.2 Å². The minimum Gasteiger partial charge on any atom is -0.507 e. The van der Waals surface area contributed by atoms with Crippen LogP contribution in [-0.2, 0) is 6.42 Å². The number of rotatable bonds is 8. The van der Waals surface area contributed by atoms with Crippen molar-refractivity contribution in [1.29, 1.82) is 0 Å². The van der Waals surface area contributed by atoms with Gasteiger partial charge in [0.25, 0.3) is 0 Å². The van der Waals surface area contributed by atoms with Crippen LogP contribution in [0.1, 0.15) is 43.4 Å². The maximum Gasteiger partial charge on any atom is 0.307 e. The molecule has 176 valence electrons. The SMILES string of the molecule is O=C(N/N=C/c1cc(Cc2ccc(O)c(/C=N/NC(=O)c3ccco3)c2)ccc1O)c1ccco1. The van der Waals surface area contributed by atoms with E-state index in [9.17, 15) is 19.8 Å². The van der Waals surface area contributed by atoms with Gasteiger partial charge in [-0.05, 0) is 66.1 Å². The summed E-state index contributed by atoms with van der Waals surface area (Å²) in [6.07, 6.45) is 5.89. The molecular weight excluding hydrogens is 452 g/mol. The summed E-state index contributed by atoms with van der Waals surface area (Å²) in [6.45, 7) is 0. The van der Waals surface area contributed by atoms with Crippen LogP contribution in [0.3, 0.4) is 0 Å². The number of furan rings is 2. The Morgan fingerprint density at radius 3 is 1.60 bits per heavy atom. The van der Waals surface area contributed by atoms with Gasteiger partial charge in [0, 0.05) is 11.1 Å². The van der Waals surface area contributed by atoms with E-state index in [1.54, 1.807) is 36.4 Å². The van der Waals surface area contributed by atoms with Gasteiger partial charge in [0.15, 0.2) is 11.5 Å². The molecule has 10 heteroatoms. The van der Waals surface area contributed by atoms with Gasteiger partial charge < -0.3 is 19.0 Å². The fourth-order valence-corrected chi connectivity index (χ4v) is 3.12. The van der Waals surface area contributed by atoms with Gasteiger partial charge in [-0.25, -0.2) is 10.9 Å². The van der Waals surface area contributed by atoms with Crippen LogP contribution < -0.4 is 10.9 Å². The smallest absolute Gasteiger partial charge is 0.307 e. The fourth-order valence-electron chi connectivity index (χ4n) is 3.12. The molecule has 0 aliphatic carbocycles. The molecule has 0 aliphatic heterocycles. The molecule has 0 spiro atoms. The summed E-state index contributed by atoms with van der Waals surface area (Å²) in [7, 11) is 0. The standard InChI is InChI=1S/C25H20N4O6/c30-20-7-5-16(12-18(20)14-26-28-24(32)22-3-1-9-34-22)11-17-6-8-21(31)19(13-17)15-27-29-25(33)23-4-2-10-35-23/h1-10,12-15,30-31H,11H2,(H,28,32)(H,29,33)/b26-14+,27-15+. The van der Waals surface area contributed by atoms with Gasteiger partial charge in [0.2, 0.25) is 0 Å². The Balaban J connectivity index is 1.42. The number of hydrogen-bond donors (Lipinski definition) is 4. The molecule has 0 saturated heterocycles. The predicted molar refractivity (Wildman–Crippen MR) is 127 cm³/mol. The lowest BCUT2D eigenvalue weighted by molar-refractivity contribution is 0.0920. The van der Waals surface area contributed by atoms with Crippen molar-refractivity contribution in [2.45, 2.75) is 6.42 Å². The highest BCUT2D eigenvalue weighted by Crippen LogP contribution is 2.22. The van der Waals surface area contributed by atoms with E-state index in [2.05, 4.69) is 21.1 Å². The topological polar surface area (TPSA) is 150 Å². The van der Waals surface area contributed by atoms with Crippen molar-refractivity contribution in [2.75, 3.05) is 0 Å². The molecule has 4 N–H and O–H groups in total. The summed E-state index contributed by atoms with van der Waals surface area (Å²) in [5.41, 5.74) is 7.16. The van der Waals surface area contributed by atoms with Crippen molar-refractivity contribution in [1.82, 2.24) is 10.9 Å². The number of carbonyl (C=O) groups is 2. The quantitative estimate of drug-likeness (QED) is 0.228. The van der Waals surface area contributed by atoms with E-state index in [4.69, 9.17) is 8.83 Å². The molecule has 0 unspecified atom stereocenters. The van der Waals surface area contributed by atoms with Crippen LogP contribution in [0.4, 0.5) is 0 Å². The van der Waals surface area contributed by atoms with Gasteiger partial charge in [0.05, 0.1) is 25.0 Å². The van der Waals surface area contributed by atoms with Gasteiger partial charge in [-0.3, -0.25) is 9.59 Å². The first-order valence-electron chi connectivity index (χ1n) is 10.4. The van der Waals surface area contributed by atoms with Gasteiger partial charge in [-0.15, -0.1) is 0 Å². The highest BCUT2D eigenvalue weighted by molar-refractivity contribution is 5.93. The van der Waals surface area contributed by atoms with Crippen molar-refractivity contribution in [3.8, 4) is 11.5 Å². The molecule has 0 saturated carbocycles. The molecule has 2 aromatic carbocycles. The van der Waals surface area contributed by atoms with Gasteiger partial charge in [-0.1, -0.05) is 12.1 Å². The second-order valence-electron chi connectivity index (χ2n) is 7.32. The first-order valence-corrected chi connectivity index (χ1v) is 10.4. The van der Waals surface area contributed by atoms with E-state index in [-0.39, 0.29) is 23.0 Å². The Kier molecular flexibility index (Phi) is 7.02. The van der Waals surface area contributed by atoms with Crippen molar-refractivity contribution in [3.05, 3.63) is 107 Å². The van der Waals surface area contributed by atoms with Crippen LogP contribution in [0.5, 0.6) is 11.5 Å². The Hall–Kier alpha value is -5.12. The van der Waals surface area contributed by atoms with Crippen LogP contribution in [0.25, 0.3) is 0 Å². The number of hydrogen-bond acceptors (Lipinski definition) is 8. The number of phenols is 2. The van der Waals surface area contributed by atoms with Gasteiger partial charge in [-0.2, -0.15) is 10.2 Å². The number of nitrogens with one attached hydrogen (secondary N) is 2. The third-order valence-corrected chi connectivity index (χ3v) is 4.82. The number of amides is 2. The molecule has 0 aliphatic rings. The van der Waals surface area contributed by atoms with Crippen molar-refractivity contribution in [2.24, 2.45) is 10.2 Å². The summed E-state index contributed by atoms with van der Waals surface area (Å²) >= 11 is 0. The summed E-state index contributed by atoms with van der Waals surface area (Å²) in [5.74, 6) is -0.799. The fraction of sp³-hybridized carbons (Fsp3) is 0.0400. The molecule has 2 amide bonds. The van der Waals surface area contributed by atoms with Crippen LogP contribution in [0, 0.1) is 0 Å². The third-order valence-electron chi connectivity index (χ3n) is 4.82. The van der Waals surface area contributed by atoms with Crippen LogP contribution in [0.2, 0.25) is 0 Å². The lowest BCUT2D eigenvalue weighted by Gasteiger charge is -2.07. The normalized spacial score (nSPS) is 11.2. The monoisotopic (exact) mass is 472 g/mol. The molecule has 0 fully saturated rings. The van der Waals surface area contributed by atoms with E-state index in [0.29, 0.717) is 17.5 Å². The summed E-state index contributed by atoms with van der Waals surface area (Å²) < 4.78 is 9.98. The Morgan fingerprint density at radius 1 is 0.743 bits per heavy atom. The molecule has 4 rings (SSSR count). The zero-order valence-corrected chi connectivity index (χ0v) is 18.2. The Labute approximate surface area is 199 Å². The third kappa shape index (κ3) is 6.02. The molecule has 0 radical (unpaired) electrons. The zero-order valence-electron chi connectivity index (χ0n) is 18.2. The number of hydrazone groups is 2. The van der Waals surface area contributed by atoms with Crippen LogP contribution in [0.15, 0.2) is 92.2 Å². The lowest BCUT2D eigenvalue weighted by Crippen LogP contribution is -2.16. The summed E-state index contributed by atoms with van der Waals surface area (Å²) in [5, 5.41) is 28.0. The maximum absolute atomic E-state index is 11.9. The van der Waals surface area contributed by atoms with Crippen molar-refractivity contribution < 1.29 is 28.6 Å². The van der Waals surface area contributed by atoms with Crippen LogP contribution >= 0.6 is 0 Å². The summed E-state index contributed by atoms with van der Waals surface area (Å²) in [6, 6.07) is 16.2. The maximum atomic E-state index is 11.9. The van der Waals surface area contributed by atoms with Gasteiger partial charge in [0.1, 0.15) is 11.5 Å². The minimum absolute atomic E-state index is 0.00410. The van der Waals surface area contributed by atoms with Crippen LogP contribution in [-0.4, -0.2) is 34.5 Å². The number of nitrogens with zero attached hydrogens (tertiary/aromatic N) is 2. The van der Waals surface area contributed by atoms with Crippen molar-refractivity contribution in [3.63, 3.8) is 0 Å². The molecule has 2 aromatic heterocycles. The largest absolute Gasteiger partial charge is 0.507 e. The van der Waals surface area contributed by atoms with Crippen molar-refractivity contribution >= 4 is 24.2 Å². The molecule has 4 aromatic rings. The molecule has 10 nitrogen and oxygen atoms in total. The van der Waals surface area contributed by atoms with E-state index in [0.717, 1.165) is 11.1 Å². The Morgan fingerprint density at radius 2 is 1.20 bits per heavy atom. The second kappa shape index (κ2) is 10.7. The lowest BCUT2D eigenvalue weighted by atomic mass is 10.0. The number of aromatic hydroxyl groups is 2. The highest BCUT2D eigenvalue weighted by atomic mass is 16.3. The minimum atomic E-state index is -0.513. The van der Waals surface area contributed by atoms with Gasteiger partial charge >= 0.3 is 11.8 Å². The van der Waals surface area contributed by atoms with E-state index < -0.39 is 11.8 Å². The van der Waals surface area contributed by atoms with E-state index in [1.807, 2.05) is 0 Å².